The largest absolute Gasteiger partial charge is 0.481 e. The number of benzene rings is 3. The van der Waals surface area contributed by atoms with Gasteiger partial charge in [0.15, 0.2) is 0 Å². The molecular formula is C56H55Br3N6O14S6. The lowest BCUT2D eigenvalue weighted by atomic mass is 10.1. The Bertz CT molecular complexity index is 3100. The second-order valence-electron chi connectivity index (χ2n) is 19.3. The fourth-order valence-electron chi connectivity index (χ4n) is 9.23. The van der Waals surface area contributed by atoms with Crippen molar-refractivity contribution in [2.24, 2.45) is 0 Å². The van der Waals surface area contributed by atoms with Gasteiger partial charge in [0.25, 0.3) is 41.4 Å². The molecule has 0 saturated carbocycles. The number of likely N-dealkylation sites (N-methyl/N-ethyl adjacent to an activating group) is 3. The molecule has 0 spiro atoms. The average molecular weight is 1470 g/mol. The molecule has 0 bridgehead atoms. The summed E-state index contributed by atoms with van der Waals surface area (Å²) in [6, 6.07) is 16.6. The number of halogens is 3. The minimum Gasteiger partial charge on any atom is -0.481 e. The molecule has 20 nitrogen and oxygen atoms in total. The lowest BCUT2D eigenvalue weighted by molar-refractivity contribution is -0.138. The Morgan fingerprint density at radius 2 is 0.647 bits per heavy atom. The molecular weight excluding hydrogens is 1410 g/mol. The van der Waals surface area contributed by atoms with Crippen molar-refractivity contribution in [1.29, 1.82) is 0 Å². The molecule has 3 aromatic rings. The van der Waals surface area contributed by atoms with Crippen LogP contribution in [0, 0.1) is 0 Å². The van der Waals surface area contributed by atoms with E-state index in [0.717, 1.165) is 89.4 Å². The number of amides is 6. The van der Waals surface area contributed by atoms with E-state index in [9.17, 15) is 43.2 Å². The summed E-state index contributed by atoms with van der Waals surface area (Å²) in [7, 11) is 5.06. The summed E-state index contributed by atoms with van der Waals surface area (Å²) in [5, 5.41) is 33.4. The number of fused-ring (bicyclic) bond motifs is 3. The number of aliphatic carboxylic acids is 4. The molecule has 0 radical (unpaired) electrons. The van der Waals surface area contributed by atoms with E-state index in [1.54, 1.807) is 21.1 Å². The second kappa shape index (κ2) is 30.8. The summed E-state index contributed by atoms with van der Waals surface area (Å²) in [5.74, 6) is -4.72. The highest BCUT2D eigenvalue weighted by Crippen LogP contribution is 2.48. The fraction of sp³-hybridized carbons (Fsp3) is 0.339. The Morgan fingerprint density at radius 1 is 0.412 bits per heavy atom. The number of nitrogens with zero attached hydrogens (tertiary/aromatic N) is 6. The quantitative estimate of drug-likeness (QED) is 0.0523. The molecule has 9 rings (SSSR count). The molecule has 3 aromatic carbocycles. The summed E-state index contributed by atoms with van der Waals surface area (Å²) in [6.45, 7) is 2.36. The van der Waals surface area contributed by atoms with Gasteiger partial charge in [0.2, 0.25) is 0 Å². The van der Waals surface area contributed by atoms with Crippen LogP contribution in [0.15, 0.2) is 82.7 Å². The minimum atomic E-state index is -0.833. The maximum absolute atomic E-state index is 12.9. The van der Waals surface area contributed by atoms with Crippen LogP contribution >= 0.6 is 120 Å². The zero-order valence-electron chi connectivity index (χ0n) is 45.9. The zero-order valence-corrected chi connectivity index (χ0v) is 55.6. The number of hydrogen-bond acceptors (Lipinski definition) is 16. The summed E-state index contributed by atoms with van der Waals surface area (Å²) in [4.78, 5) is 128. The van der Waals surface area contributed by atoms with Gasteiger partial charge in [-0.15, -0.1) is 0 Å². The lowest BCUT2D eigenvalue weighted by Gasteiger charge is -2.14. The van der Waals surface area contributed by atoms with E-state index in [-0.39, 0.29) is 54.7 Å². The van der Waals surface area contributed by atoms with Crippen molar-refractivity contribution < 1.29 is 68.4 Å². The zero-order chi connectivity index (χ0) is 62.7. The third-order valence-corrected chi connectivity index (χ3v) is 19.2. The van der Waals surface area contributed by atoms with Crippen LogP contribution in [0.4, 0.5) is 17.1 Å². The Hall–Kier alpha value is -5.66. The molecule has 6 heterocycles. The predicted molar refractivity (Wildman–Crippen MR) is 351 cm³/mol. The molecule has 0 aliphatic carbocycles. The molecule has 450 valence electrons. The predicted octanol–water partition coefficient (Wildman–Crippen LogP) is 11.0. The fourth-order valence-corrected chi connectivity index (χ4v) is 14.5. The number of carboxylic acids is 4. The third kappa shape index (κ3) is 16.7. The summed E-state index contributed by atoms with van der Waals surface area (Å²) in [6.07, 6.45) is 6.15. The van der Waals surface area contributed by atoms with Crippen molar-refractivity contribution in [2.75, 3.05) is 55.5 Å². The molecule has 3 saturated heterocycles. The van der Waals surface area contributed by atoms with Crippen molar-refractivity contribution in [3.05, 3.63) is 99.4 Å². The van der Waals surface area contributed by atoms with Gasteiger partial charge in [-0.2, -0.15) is 0 Å². The van der Waals surface area contributed by atoms with E-state index in [0.29, 0.717) is 122 Å². The van der Waals surface area contributed by atoms with E-state index in [1.165, 1.54) is 29.4 Å². The van der Waals surface area contributed by atoms with Crippen molar-refractivity contribution in [3.63, 3.8) is 0 Å². The SMILES string of the molecule is CC(=O)O.CN1C(=O)/C(=C2\SC(=S)N(CCCCCC(=O)O)C2=O)c2cc(Br)ccc21.CN1C(=O)/C(=C2\SC(=S)N(CCCCCC(=O)O)C2=O)c2cc(Br)ccc21.CN1C(=O)/C(=C2\SC(=S)N(CCCCCC(=O)O)C2=O)c2cc(Br)ccc21. The molecule has 4 N–H and O–H groups in total. The number of carboxylic acid groups (broad SMARTS) is 4. The van der Waals surface area contributed by atoms with Crippen LogP contribution in [0.5, 0.6) is 0 Å². The number of thioether (sulfide) groups is 3. The van der Waals surface area contributed by atoms with Crippen LogP contribution in [0.1, 0.15) is 101 Å². The highest BCUT2D eigenvalue weighted by atomic mass is 79.9. The van der Waals surface area contributed by atoms with Crippen molar-refractivity contribution in [2.45, 2.75) is 84.0 Å². The van der Waals surface area contributed by atoms with Crippen LogP contribution < -0.4 is 14.7 Å². The first-order valence-electron chi connectivity index (χ1n) is 26.1. The first-order valence-corrected chi connectivity index (χ1v) is 32.1. The average Bonchev–Trinajstić information content (AvgIpc) is 1.78. The standard InChI is InChI=1S/3C18H17BrN2O4S2.C2H4O2/c3*1-20-12-7-6-10(19)9-11(12)14(16(20)24)15-17(25)21(18(26)27-15)8-4-2-3-5-13(22)23;1-2(3)4/h3*6-7,9H,2-5,8H2,1H3,(H,22,23);1H3,(H,3,4)/b3*15-14-;. The summed E-state index contributed by atoms with van der Waals surface area (Å²) in [5.41, 5.74) is 5.61. The number of carbonyl (C=O) groups excluding carboxylic acids is 6. The van der Waals surface area contributed by atoms with Gasteiger partial charge in [0.05, 0.1) is 48.5 Å². The summed E-state index contributed by atoms with van der Waals surface area (Å²) >= 11 is 29.8. The number of unbranched alkanes of at least 4 members (excludes halogenated alkanes) is 6. The van der Waals surface area contributed by atoms with Crippen molar-refractivity contribution in [3.8, 4) is 0 Å². The van der Waals surface area contributed by atoms with E-state index in [4.69, 9.17) is 61.9 Å². The number of rotatable bonds is 18. The third-order valence-electron chi connectivity index (χ3n) is 13.4. The van der Waals surface area contributed by atoms with Crippen LogP contribution in [-0.4, -0.2) is 148 Å². The minimum absolute atomic E-state index is 0.120. The van der Waals surface area contributed by atoms with E-state index < -0.39 is 23.9 Å². The first-order chi connectivity index (χ1) is 40.2. The lowest BCUT2D eigenvalue weighted by Crippen LogP contribution is -2.29. The monoisotopic (exact) mass is 1460 g/mol. The van der Waals surface area contributed by atoms with E-state index >= 15 is 0 Å². The highest BCUT2D eigenvalue weighted by molar-refractivity contribution is 9.11. The van der Waals surface area contributed by atoms with Crippen molar-refractivity contribution in [1.82, 2.24) is 14.7 Å². The van der Waals surface area contributed by atoms with Gasteiger partial charge in [-0.3, -0.25) is 62.6 Å². The normalized spacial score (nSPS) is 18.6. The van der Waals surface area contributed by atoms with Crippen LogP contribution in [0.25, 0.3) is 16.7 Å². The van der Waals surface area contributed by atoms with Crippen LogP contribution in [0.2, 0.25) is 0 Å². The number of thiocarbonyl (C=S) groups is 3. The molecule has 0 unspecified atom stereocenters. The Labute approximate surface area is 543 Å². The van der Waals surface area contributed by atoms with Gasteiger partial charge in [-0.1, -0.05) is 139 Å². The van der Waals surface area contributed by atoms with Gasteiger partial charge in [-0.05, 0) is 93.1 Å². The number of anilines is 3. The number of hydrogen-bond donors (Lipinski definition) is 4. The smallest absolute Gasteiger partial charge is 0.303 e. The molecule has 0 aromatic heterocycles. The Morgan fingerprint density at radius 3 is 0.871 bits per heavy atom. The van der Waals surface area contributed by atoms with Crippen LogP contribution in [-0.2, 0) is 47.9 Å². The topological polar surface area (TPSA) is 271 Å². The van der Waals surface area contributed by atoms with Gasteiger partial charge < -0.3 is 35.1 Å². The van der Waals surface area contributed by atoms with Gasteiger partial charge >= 0.3 is 17.9 Å². The highest BCUT2D eigenvalue weighted by Gasteiger charge is 2.44. The molecule has 85 heavy (non-hydrogen) atoms. The van der Waals surface area contributed by atoms with Gasteiger partial charge in [-0.25, -0.2) is 0 Å². The second-order valence-corrected chi connectivity index (χ2v) is 27.0. The van der Waals surface area contributed by atoms with E-state index in [2.05, 4.69) is 47.8 Å². The molecule has 29 heteroatoms. The first kappa shape index (κ1) is 68.5. The summed E-state index contributed by atoms with van der Waals surface area (Å²) < 4.78 is 3.78. The number of carbonyl (C=O) groups is 10. The van der Waals surface area contributed by atoms with Crippen LogP contribution in [0.3, 0.4) is 0 Å². The Balaban J connectivity index is 0.000000198. The molecule has 0 atom stereocenters. The van der Waals surface area contributed by atoms with Gasteiger partial charge in [0, 0.05) is 97.1 Å². The Kier molecular flexibility index (Phi) is 24.8. The molecule has 3 fully saturated rings. The maximum atomic E-state index is 12.9. The van der Waals surface area contributed by atoms with Gasteiger partial charge in [0.1, 0.15) is 13.0 Å². The van der Waals surface area contributed by atoms with E-state index in [1.807, 2.05) is 54.6 Å². The maximum Gasteiger partial charge on any atom is 0.303 e. The molecule has 6 aliphatic heterocycles. The van der Waals surface area contributed by atoms with Crippen molar-refractivity contribution >= 4 is 226 Å². The molecule has 6 aliphatic rings. The molecule has 6 amide bonds.